The fraction of sp³-hybridized carbons (Fsp3) is 0.158. The molecule has 4 rings (SSSR count). The minimum atomic E-state index is 1.05. The van der Waals surface area contributed by atoms with Gasteiger partial charge in [-0.05, 0) is 52.4 Å². The Bertz CT molecular complexity index is 802. The summed E-state index contributed by atoms with van der Waals surface area (Å²) in [6, 6.07) is 19.7. The molecular weight excluding hydrogens is 242 g/mol. The van der Waals surface area contributed by atoms with E-state index in [1.165, 1.54) is 38.7 Å². The number of aryl methyl sites for hydroxylation is 1. The van der Waals surface area contributed by atoms with Crippen molar-refractivity contribution in [2.75, 3.05) is 11.9 Å². The van der Waals surface area contributed by atoms with Crippen LogP contribution in [0.3, 0.4) is 0 Å². The summed E-state index contributed by atoms with van der Waals surface area (Å²) in [6.45, 7) is 3.26. The Morgan fingerprint density at radius 1 is 0.900 bits per heavy atom. The lowest BCUT2D eigenvalue weighted by molar-refractivity contribution is 1.11. The van der Waals surface area contributed by atoms with E-state index in [0.29, 0.717) is 0 Å². The van der Waals surface area contributed by atoms with Gasteiger partial charge in [0.2, 0.25) is 0 Å². The molecule has 0 spiro atoms. The van der Waals surface area contributed by atoms with E-state index in [1.54, 1.807) is 0 Å². The van der Waals surface area contributed by atoms with Crippen LogP contribution in [-0.2, 0) is 6.42 Å². The molecule has 0 saturated carbocycles. The van der Waals surface area contributed by atoms with Gasteiger partial charge < -0.3 is 5.32 Å². The zero-order valence-electron chi connectivity index (χ0n) is 11.6. The second-order valence-electron chi connectivity index (χ2n) is 5.49. The van der Waals surface area contributed by atoms with Crippen LogP contribution in [0.4, 0.5) is 5.69 Å². The third-order valence-electron chi connectivity index (χ3n) is 4.27. The lowest BCUT2D eigenvalue weighted by Crippen LogP contribution is -1.91. The number of hydrogen-bond donors (Lipinski definition) is 1. The predicted molar refractivity (Wildman–Crippen MR) is 86.3 cm³/mol. The Morgan fingerprint density at radius 3 is 2.75 bits per heavy atom. The van der Waals surface area contributed by atoms with Gasteiger partial charge in [0, 0.05) is 12.2 Å². The number of nitrogens with one attached hydrogen (secondary N) is 1. The van der Waals surface area contributed by atoms with Crippen LogP contribution in [-0.4, -0.2) is 6.54 Å². The monoisotopic (exact) mass is 259 g/mol. The normalized spacial score (nSPS) is 13.2. The number of anilines is 1. The van der Waals surface area contributed by atoms with Crippen LogP contribution in [0.2, 0.25) is 0 Å². The molecule has 1 heteroatoms. The van der Waals surface area contributed by atoms with Crippen molar-refractivity contribution in [2.24, 2.45) is 0 Å². The van der Waals surface area contributed by atoms with Crippen LogP contribution in [0.15, 0.2) is 54.6 Å². The average molecular weight is 259 g/mol. The summed E-state index contributed by atoms with van der Waals surface area (Å²) in [7, 11) is 0. The smallest absolute Gasteiger partial charge is 0.0379 e. The van der Waals surface area contributed by atoms with Gasteiger partial charge in [-0.2, -0.15) is 0 Å². The summed E-state index contributed by atoms with van der Waals surface area (Å²) in [5, 5.41) is 6.15. The van der Waals surface area contributed by atoms with Gasteiger partial charge in [-0.1, -0.05) is 48.5 Å². The van der Waals surface area contributed by atoms with Gasteiger partial charge in [0.25, 0.3) is 0 Å². The maximum atomic E-state index is 3.48. The Labute approximate surface area is 119 Å². The molecular formula is C19H17N. The quantitative estimate of drug-likeness (QED) is 0.663. The van der Waals surface area contributed by atoms with Gasteiger partial charge in [0.05, 0.1) is 0 Å². The first-order chi connectivity index (χ1) is 9.84. The van der Waals surface area contributed by atoms with Crippen LogP contribution in [0.5, 0.6) is 0 Å². The highest BCUT2D eigenvalue weighted by atomic mass is 14.9. The minimum Gasteiger partial charge on any atom is -0.384 e. The summed E-state index contributed by atoms with van der Waals surface area (Å²) in [5.41, 5.74) is 6.90. The summed E-state index contributed by atoms with van der Waals surface area (Å²) >= 11 is 0. The van der Waals surface area contributed by atoms with E-state index in [1.807, 2.05) is 0 Å². The number of fused-ring (bicyclic) bond motifs is 2. The molecule has 0 atom stereocenters. The van der Waals surface area contributed by atoms with E-state index in [9.17, 15) is 0 Å². The Morgan fingerprint density at radius 2 is 1.80 bits per heavy atom. The molecule has 0 amide bonds. The van der Waals surface area contributed by atoms with Crippen LogP contribution >= 0.6 is 0 Å². The van der Waals surface area contributed by atoms with Crippen LogP contribution in [0, 0.1) is 6.92 Å². The number of rotatable bonds is 1. The third kappa shape index (κ3) is 1.63. The summed E-state index contributed by atoms with van der Waals surface area (Å²) in [4.78, 5) is 0. The topological polar surface area (TPSA) is 12.0 Å². The largest absolute Gasteiger partial charge is 0.384 e. The molecule has 1 aliphatic rings. The average Bonchev–Trinajstić information content (AvgIpc) is 2.96. The van der Waals surface area contributed by atoms with Gasteiger partial charge >= 0.3 is 0 Å². The summed E-state index contributed by atoms with van der Waals surface area (Å²) in [6.07, 6.45) is 1.12. The minimum absolute atomic E-state index is 1.05. The first-order valence-electron chi connectivity index (χ1n) is 7.19. The molecule has 0 bridgehead atoms. The summed E-state index contributed by atoms with van der Waals surface area (Å²) < 4.78 is 0. The van der Waals surface area contributed by atoms with Crippen LogP contribution < -0.4 is 5.32 Å². The first kappa shape index (κ1) is 11.5. The van der Waals surface area contributed by atoms with Crippen LogP contribution in [0.1, 0.15) is 11.1 Å². The molecule has 1 heterocycles. The molecule has 20 heavy (non-hydrogen) atoms. The summed E-state index contributed by atoms with van der Waals surface area (Å²) in [5.74, 6) is 0. The van der Waals surface area contributed by atoms with Gasteiger partial charge in [-0.25, -0.2) is 0 Å². The number of hydrogen-bond acceptors (Lipinski definition) is 1. The molecule has 3 aromatic rings. The maximum absolute atomic E-state index is 3.48. The van der Waals surface area contributed by atoms with Crippen molar-refractivity contribution in [3.8, 4) is 11.1 Å². The molecule has 0 radical (unpaired) electrons. The van der Waals surface area contributed by atoms with Crippen molar-refractivity contribution < 1.29 is 0 Å². The predicted octanol–water partition coefficient (Wildman–Crippen LogP) is 4.78. The highest BCUT2D eigenvalue weighted by Crippen LogP contribution is 2.38. The van der Waals surface area contributed by atoms with Gasteiger partial charge in [0.15, 0.2) is 0 Å². The Hall–Kier alpha value is -2.28. The van der Waals surface area contributed by atoms with Crippen molar-refractivity contribution in [2.45, 2.75) is 13.3 Å². The van der Waals surface area contributed by atoms with E-state index >= 15 is 0 Å². The molecule has 0 unspecified atom stereocenters. The van der Waals surface area contributed by atoms with Crippen molar-refractivity contribution in [1.29, 1.82) is 0 Å². The fourth-order valence-corrected chi connectivity index (χ4v) is 3.32. The number of benzene rings is 3. The second kappa shape index (κ2) is 4.38. The molecule has 0 aliphatic carbocycles. The van der Waals surface area contributed by atoms with Crippen molar-refractivity contribution >= 4 is 16.5 Å². The van der Waals surface area contributed by atoms with E-state index in [4.69, 9.17) is 0 Å². The highest BCUT2D eigenvalue weighted by Gasteiger charge is 2.17. The molecule has 0 aromatic heterocycles. The van der Waals surface area contributed by atoms with E-state index in [0.717, 1.165) is 13.0 Å². The van der Waals surface area contributed by atoms with E-state index < -0.39 is 0 Å². The van der Waals surface area contributed by atoms with Gasteiger partial charge in [0.1, 0.15) is 0 Å². The molecule has 1 aliphatic heterocycles. The zero-order chi connectivity index (χ0) is 13.5. The van der Waals surface area contributed by atoms with Crippen molar-refractivity contribution in [3.63, 3.8) is 0 Å². The second-order valence-corrected chi connectivity index (χ2v) is 5.49. The zero-order valence-corrected chi connectivity index (χ0v) is 11.6. The SMILES string of the molecule is Cc1ccc2ccccc2c1-c1cccc2c1CCN2. The lowest BCUT2D eigenvalue weighted by atomic mass is 9.90. The molecule has 0 saturated heterocycles. The molecule has 1 N–H and O–H groups in total. The Balaban J connectivity index is 2.08. The van der Waals surface area contributed by atoms with Gasteiger partial charge in [-0.3, -0.25) is 0 Å². The van der Waals surface area contributed by atoms with E-state index in [2.05, 4.69) is 66.8 Å². The molecule has 0 fully saturated rings. The van der Waals surface area contributed by atoms with E-state index in [-0.39, 0.29) is 0 Å². The Kier molecular flexibility index (Phi) is 2.53. The highest BCUT2D eigenvalue weighted by molar-refractivity contribution is 5.99. The lowest BCUT2D eigenvalue weighted by Gasteiger charge is -2.14. The van der Waals surface area contributed by atoms with Crippen molar-refractivity contribution in [3.05, 3.63) is 65.7 Å². The van der Waals surface area contributed by atoms with Crippen LogP contribution in [0.25, 0.3) is 21.9 Å². The third-order valence-corrected chi connectivity index (χ3v) is 4.27. The van der Waals surface area contributed by atoms with Gasteiger partial charge in [-0.15, -0.1) is 0 Å². The molecule has 1 nitrogen and oxygen atoms in total. The van der Waals surface area contributed by atoms with Crippen molar-refractivity contribution in [1.82, 2.24) is 0 Å². The first-order valence-corrected chi connectivity index (χ1v) is 7.19. The molecule has 3 aromatic carbocycles. The maximum Gasteiger partial charge on any atom is 0.0379 e. The molecule has 98 valence electrons. The fourth-order valence-electron chi connectivity index (χ4n) is 3.32. The standard InChI is InChI=1S/C19H17N/c1-13-9-10-14-5-2-3-6-15(14)19(13)17-7-4-8-18-16(17)11-12-20-18/h2-10,20H,11-12H2,1H3.